The van der Waals surface area contributed by atoms with Crippen LogP contribution in [0.5, 0.6) is 0 Å². The second-order valence-electron chi connectivity index (χ2n) is 3.80. The minimum absolute atomic E-state index is 0.133. The van der Waals surface area contributed by atoms with Gasteiger partial charge in [0.25, 0.3) is 0 Å². The summed E-state index contributed by atoms with van der Waals surface area (Å²) in [6, 6.07) is 9.01. The molecule has 0 bridgehead atoms. The molecule has 0 saturated heterocycles. The van der Waals surface area contributed by atoms with Crippen LogP contribution in [0.3, 0.4) is 0 Å². The monoisotopic (exact) mass is 234 g/mol. The van der Waals surface area contributed by atoms with E-state index in [1.807, 2.05) is 37.3 Å². The van der Waals surface area contributed by atoms with Crippen molar-refractivity contribution in [2.75, 3.05) is 7.05 Å². The molecule has 0 radical (unpaired) electrons. The zero-order valence-corrected chi connectivity index (χ0v) is 10.2. The number of hydrogen-bond acceptors (Lipinski definition) is 2. The van der Waals surface area contributed by atoms with Crippen LogP contribution in [0.4, 0.5) is 0 Å². The summed E-state index contributed by atoms with van der Waals surface area (Å²) in [5.41, 5.74) is 0.941. The fourth-order valence-corrected chi connectivity index (χ4v) is 1.55. The second-order valence-corrected chi connectivity index (χ2v) is 3.80. The summed E-state index contributed by atoms with van der Waals surface area (Å²) in [6.45, 7) is 1.86. The maximum absolute atomic E-state index is 11.7. The van der Waals surface area contributed by atoms with Crippen molar-refractivity contribution in [1.29, 1.82) is 0 Å². The van der Waals surface area contributed by atoms with Gasteiger partial charge >= 0.3 is 0 Å². The van der Waals surface area contributed by atoms with Crippen LogP contribution in [-0.2, 0) is 16.0 Å². The molecule has 0 spiro atoms. The molecule has 0 heterocycles. The molecule has 4 heteroatoms. The predicted molar refractivity (Wildman–Crippen MR) is 66.4 cm³/mol. The van der Waals surface area contributed by atoms with Crippen LogP contribution in [0.2, 0.25) is 0 Å². The zero-order chi connectivity index (χ0) is 12.7. The van der Waals surface area contributed by atoms with Crippen molar-refractivity contribution in [2.45, 2.75) is 25.8 Å². The second kappa shape index (κ2) is 6.68. The van der Waals surface area contributed by atoms with Gasteiger partial charge in [0.05, 0.1) is 6.42 Å². The van der Waals surface area contributed by atoms with Crippen molar-refractivity contribution in [3.63, 3.8) is 0 Å². The molecular formula is C13H18N2O2. The van der Waals surface area contributed by atoms with E-state index < -0.39 is 6.04 Å². The average Bonchev–Trinajstić information content (AvgIpc) is 2.36. The normalized spacial score (nSPS) is 11.6. The number of benzene rings is 1. The molecule has 2 amide bonds. The van der Waals surface area contributed by atoms with Crippen molar-refractivity contribution in [3.05, 3.63) is 35.9 Å². The van der Waals surface area contributed by atoms with Crippen LogP contribution < -0.4 is 10.6 Å². The van der Waals surface area contributed by atoms with Crippen LogP contribution in [0, 0.1) is 0 Å². The van der Waals surface area contributed by atoms with E-state index in [1.54, 1.807) is 7.05 Å². The summed E-state index contributed by atoms with van der Waals surface area (Å²) in [7, 11) is 1.56. The number of hydrogen-bond donors (Lipinski definition) is 2. The van der Waals surface area contributed by atoms with E-state index in [0.717, 1.165) is 5.56 Å². The summed E-state index contributed by atoms with van der Waals surface area (Å²) >= 11 is 0. The molecule has 0 aliphatic rings. The van der Waals surface area contributed by atoms with Gasteiger partial charge in [-0.25, -0.2) is 0 Å². The Morgan fingerprint density at radius 2 is 1.88 bits per heavy atom. The first-order valence-corrected chi connectivity index (χ1v) is 5.72. The number of nitrogens with one attached hydrogen (secondary N) is 2. The first-order chi connectivity index (χ1) is 8.17. The highest BCUT2D eigenvalue weighted by Crippen LogP contribution is 2.00. The molecule has 0 saturated carbocycles. The minimum atomic E-state index is -0.448. The van der Waals surface area contributed by atoms with Gasteiger partial charge in [-0.2, -0.15) is 0 Å². The topological polar surface area (TPSA) is 58.2 Å². The van der Waals surface area contributed by atoms with Gasteiger partial charge in [0, 0.05) is 7.05 Å². The van der Waals surface area contributed by atoms with Gasteiger partial charge in [0.1, 0.15) is 6.04 Å². The molecule has 17 heavy (non-hydrogen) atoms. The number of likely N-dealkylation sites (N-methyl/N-ethyl adjacent to an activating group) is 1. The molecule has 1 unspecified atom stereocenters. The molecule has 0 aliphatic heterocycles. The molecule has 4 nitrogen and oxygen atoms in total. The quantitative estimate of drug-likeness (QED) is 0.794. The highest BCUT2D eigenvalue weighted by molar-refractivity contribution is 5.88. The van der Waals surface area contributed by atoms with Crippen molar-refractivity contribution >= 4 is 11.8 Å². The van der Waals surface area contributed by atoms with Crippen LogP contribution in [-0.4, -0.2) is 24.9 Å². The van der Waals surface area contributed by atoms with Crippen LogP contribution in [0.1, 0.15) is 18.9 Å². The van der Waals surface area contributed by atoms with Crippen LogP contribution in [0.25, 0.3) is 0 Å². The molecule has 2 N–H and O–H groups in total. The fourth-order valence-electron chi connectivity index (χ4n) is 1.55. The van der Waals surface area contributed by atoms with Crippen LogP contribution in [0.15, 0.2) is 30.3 Å². The molecule has 1 atom stereocenters. The van der Waals surface area contributed by atoms with Gasteiger partial charge in [-0.3, -0.25) is 9.59 Å². The lowest BCUT2D eigenvalue weighted by Crippen LogP contribution is -2.45. The van der Waals surface area contributed by atoms with Gasteiger partial charge in [-0.15, -0.1) is 0 Å². The van der Waals surface area contributed by atoms with Gasteiger partial charge < -0.3 is 10.6 Å². The Hall–Kier alpha value is -1.84. The van der Waals surface area contributed by atoms with E-state index in [4.69, 9.17) is 0 Å². The zero-order valence-electron chi connectivity index (χ0n) is 10.2. The van der Waals surface area contributed by atoms with Crippen molar-refractivity contribution in [2.24, 2.45) is 0 Å². The molecule has 0 aromatic heterocycles. The molecule has 1 aromatic carbocycles. The first-order valence-electron chi connectivity index (χ1n) is 5.72. The Balaban J connectivity index is 2.51. The molecular weight excluding hydrogens is 216 g/mol. The van der Waals surface area contributed by atoms with E-state index in [0.29, 0.717) is 12.8 Å². The van der Waals surface area contributed by atoms with Gasteiger partial charge in [0.15, 0.2) is 0 Å². The lowest BCUT2D eigenvalue weighted by atomic mass is 10.1. The van der Waals surface area contributed by atoms with Crippen LogP contribution >= 0.6 is 0 Å². The Morgan fingerprint density at radius 1 is 1.24 bits per heavy atom. The van der Waals surface area contributed by atoms with E-state index in [2.05, 4.69) is 10.6 Å². The molecule has 1 rings (SSSR count). The molecule has 0 fully saturated rings. The van der Waals surface area contributed by atoms with Gasteiger partial charge in [-0.05, 0) is 12.0 Å². The summed E-state index contributed by atoms with van der Waals surface area (Å²) in [4.78, 5) is 23.1. The third-order valence-corrected chi connectivity index (χ3v) is 2.51. The van der Waals surface area contributed by atoms with Crippen molar-refractivity contribution in [1.82, 2.24) is 10.6 Å². The number of amides is 2. The first kappa shape index (κ1) is 13.2. The maximum Gasteiger partial charge on any atom is 0.242 e. The predicted octanol–water partition coefficient (Wildman–Crippen LogP) is 0.870. The summed E-state index contributed by atoms with van der Waals surface area (Å²) < 4.78 is 0. The van der Waals surface area contributed by atoms with E-state index in [1.165, 1.54) is 0 Å². The minimum Gasteiger partial charge on any atom is -0.357 e. The lowest BCUT2D eigenvalue weighted by molar-refractivity contribution is -0.128. The summed E-state index contributed by atoms with van der Waals surface area (Å²) in [5, 5.41) is 5.25. The van der Waals surface area contributed by atoms with Gasteiger partial charge in [-0.1, -0.05) is 37.3 Å². The van der Waals surface area contributed by atoms with Crippen molar-refractivity contribution in [3.8, 4) is 0 Å². The summed E-state index contributed by atoms with van der Waals surface area (Å²) in [6.07, 6.45) is 0.883. The summed E-state index contributed by atoms with van der Waals surface area (Å²) in [5.74, 6) is -0.291. The Bertz CT molecular complexity index is 376. The molecule has 92 valence electrons. The Labute approximate surface area is 101 Å². The maximum atomic E-state index is 11.7. The highest BCUT2D eigenvalue weighted by atomic mass is 16.2. The third-order valence-electron chi connectivity index (χ3n) is 2.51. The highest BCUT2D eigenvalue weighted by Gasteiger charge is 2.17. The van der Waals surface area contributed by atoms with Crippen molar-refractivity contribution < 1.29 is 9.59 Å². The standard InChI is InChI=1S/C13H18N2O2/c1-3-11(13(17)14-2)15-12(16)9-10-7-5-4-6-8-10/h4-8,11H,3,9H2,1-2H3,(H,14,17)(H,15,16). The molecule has 1 aromatic rings. The SMILES string of the molecule is CCC(NC(=O)Cc1ccccc1)C(=O)NC. The number of carbonyl (C=O) groups excluding carboxylic acids is 2. The number of carbonyl (C=O) groups is 2. The van der Waals surface area contributed by atoms with E-state index >= 15 is 0 Å². The Morgan fingerprint density at radius 3 is 2.41 bits per heavy atom. The van der Waals surface area contributed by atoms with E-state index in [-0.39, 0.29) is 11.8 Å². The molecule has 0 aliphatic carbocycles. The smallest absolute Gasteiger partial charge is 0.242 e. The third kappa shape index (κ3) is 4.26. The Kier molecular flexibility index (Phi) is 5.20. The van der Waals surface area contributed by atoms with Gasteiger partial charge in [0.2, 0.25) is 11.8 Å². The van der Waals surface area contributed by atoms with E-state index in [9.17, 15) is 9.59 Å². The average molecular weight is 234 g/mol. The lowest BCUT2D eigenvalue weighted by Gasteiger charge is -2.15. The fraction of sp³-hybridized carbons (Fsp3) is 0.385. The number of rotatable bonds is 5. The largest absolute Gasteiger partial charge is 0.357 e.